The molecule has 0 bridgehead atoms. The number of halogens is 2. The van der Waals surface area contributed by atoms with E-state index < -0.39 is 11.9 Å². The van der Waals surface area contributed by atoms with Gasteiger partial charge in [0, 0.05) is 30.2 Å². The second kappa shape index (κ2) is 7.47. The second-order valence-corrected chi connectivity index (χ2v) is 7.83. The van der Waals surface area contributed by atoms with Crippen LogP contribution in [0.2, 0.25) is 5.02 Å². The third-order valence-electron chi connectivity index (χ3n) is 5.57. The first-order valence-corrected chi connectivity index (χ1v) is 10.2. The topological polar surface area (TPSA) is 79.7 Å². The zero-order chi connectivity index (χ0) is 21.7. The van der Waals surface area contributed by atoms with E-state index in [2.05, 4.69) is 9.97 Å². The molecule has 9 heteroatoms. The van der Waals surface area contributed by atoms with Crippen molar-refractivity contribution in [3.8, 4) is 0 Å². The number of fused-ring (bicyclic) bond motifs is 4. The number of benzene rings is 1. The fourth-order valence-corrected chi connectivity index (χ4v) is 4.36. The van der Waals surface area contributed by atoms with Gasteiger partial charge in [0.2, 0.25) is 0 Å². The molecule has 4 heterocycles. The van der Waals surface area contributed by atoms with Crippen LogP contribution in [0, 0.1) is 5.82 Å². The molecule has 1 aromatic carbocycles. The Kier molecular flexibility index (Phi) is 4.75. The van der Waals surface area contributed by atoms with E-state index in [1.54, 1.807) is 39.9 Å². The fraction of sp³-hybridized carbons (Fsp3) is 0.227. The molecule has 0 spiro atoms. The number of rotatable bonds is 3. The second-order valence-electron chi connectivity index (χ2n) is 7.40. The number of nitrogens with zero attached hydrogens (tertiary/aromatic N) is 3. The lowest BCUT2D eigenvalue weighted by molar-refractivity contribution is 0.0273. The molecule has 1 atom stereocenters. The van der Waals surface area contributed by atoms with E-state index in [0.29, 0.717) is 28.3 Å². The maximum atomic E-state index is 13.8. The standard InChI is InChI=1S/C22H18ClFN4O3/c1-2-28(22(30)16-9-27-8-12(23)3-6-19(27)25-16)18-11-31-10-17-20(18)14-5-4-13(24)7-15(14)21(29)26-17/h3-9,18H,2,10-11H2,1H3,(H,26,29)/t18-/m1/s1. The maximum absolute atomic E-state index is 13.8. The van der Waals surface area contributed by atoms with E-state index in [4.69, 9.17) is 16.3 Å². The summed E-state index contributed by atoms with van der Waals surface area (Å²) in [6, 6.07) is 7.11. The van der Waals surface area contributed by atoms with Crippen molar-refractivity contribution in [1.29, 1.82) is 0 Å². The van der Waals surface area contributed by atoms with Crippen LogP contribution >= 0.6 is 11.6 Å². The Morgan fingerprint density at radius 3 is 2.97 bits per heavy atom. The van der Waals surface area contributed by atoms with Gasteiger partial charge < -0.3 is 19.0 Å². The molecule has 31 heavy (non-hydrogen) atoms. The van der Waals surface area contributed by atoms with Crippen molar-refractivity contribution >= 4 is 33.9 Å². The molecule has 0 unspecified atom stereocenters. The van der Waals surface area contributed by atoms with Crippen molar-refractivity contribution < 1.29 is 13.9 Å². The number of hydrogen-bond donors (Lipinski definition) is 1. The van der Waals surface area contributed by atoms with Crippen LogP contribution in [0.4, 0.5) is 4.39 Å². The smallest absolute Gasteiger partial charge is 0.274 e. The number of imidazole rings is 1. The fourth-order valence-electron chi connectivity index (χ4n) is 4.19. The van der Waals surface area contributed by atoms with Crippen molar-refractivity contribution in [2.45, 2.75) is 19.6 Å². The van der Waals surface area contributed by atoms with Crippen LogP contribution in [0.25, 0.3) is 16.4 Å². The van der Waals surface area contributed by atoms with E-state index in [1.165, 1.54) is 12.1 Å². The monoisotopic (exact) mass is 440 g/mol. The van der Waals surface area contributed by atoms with Crippen molar-refractivity contribution in [3.63, 3.8) is 0 Å². The normalized spacial score (nSPS) is 15.9. The van der Waals surface area contributed by atoms with Gasteiger partial charge in [-0.25, -0.2) is 9.37 Å². The number of aromatic nitrogens is 3. The third-order valence-corrected chi connectivity index (χ3v) is 5.80. The van der Waals surface area contributed by atoms with Crippen LogP contribution in [-0.2, 0) is 11.3 Å². The molecule has 0 saturated carbocycles. The van der Waals surface area contributed by atoms with Crippen molar-refractivity contribution in [1.82, 2.24) is 19.3 Å². The highest BCUT2D eigenvalue weighted by atomic mass is 35.5. The molecule has 0 radical (unpaired) electrons. The van der Waals surface area contributed by atoms with E-state index in [1.807, 2.05) is 6.92 Å². The molecular weight excluding hydrogens is 423 g/mol. The van der Waals surface area contributed by atoms with Crippen molar-refractivity contribution in [3.05, 3.63) is 80.9 Å². The zero-order valence-corrected chi connectivity index (χ0v) is 17.3. The average molecular weight is 441 g/mol. The van der Waals surface area contributed by atoms with Crippen LogP contribution in [0.3, 0.4) is 0 Å². The summed E-state index contributed by atoms with van der Waals surface area (Å²) in [6.45, 7) is 2.73. The molecule has 1 amide bonds. The van der Waals surface area contributed by atoms with E-state index in [0.717, 1.165) is 5.56 Å². The van der Waals surface area contributed by atoms with E-state index in [-0.39, 0.29) is 35.8 Å². The molecule has 4 aromatic rings. The number of carbonyl (C=O) groups excluding carboxylic acids is 1. The van der Waals surface area contributed by atoms with Gasteiger partial charge in [-0.05, 0) is 36.6 Å². The molecular formula is C22H18ClFN4O3. The number of ether oxygens (including phenoxy) is 1. The van der Waals surface area contributed by atoms with E-state index >= 15 is 0 Å². The molecule has 1 aliphatic rings. The molecule has 0 aliphatic carbocycles. The summed E-state index contributed by atoms with van der Waals surface area (Å²) >= 11 is 6.04. The lowest BCUT2D eigenvalue weighted by Gasteiger charge is -2.35. The number of amides is 1. The predicted octanol–water partition coefficient (Wildman–Crippen LogP) is 3.70. The quantitative estimate of drug-likeness (QED) is 0.526. The summed E-state index contributed by atoms with van der Waals surface area (Å²) in [5.74, 6) is -0.765. The van der Waals surface area contributed by atoms with Gasteiger partial charge in [0.25, 0.3) is 11.5 Å². The SMILES string of the molecule is CCN(C(=O)c1cn2cc(Cl)ccc2n1)[C@@H]1COCc2[nH]c(=O)c3cc(F)ccc3c21. The molecule has 3 aromatic heterocycles. The number of H-pyrrole nitrogens is 1. The summed E-state index contributed by atoms with van der Waals surface area (Å²) in [7, 11) is 0. The molecule has 0 fully saturated rings. The molecule has 0 saturated heterocycles. The minimum Gasteiger partial charge on any atom is -0.373 e. The van der Waals surface area contributed by atoms with Crippen LogP contribution in [0.15, 0.2) is 47.5 Å². The average Bonchev–Trinajstić information content (AvgIpc) is 3.17. The van der Waals surface area contributed by atoms with Crippen molar-refractivity contribution in [2.75, 3.05) is 13.2 Å². The van der Waals surface area contributed by atoms with E-state index in [9.17, 15) is 14.0 Å². The summed E-state index contributed by atoms with van der Waals surface area (Å²) in [5, 5.41) is 1.39. The third kappa shape index (κ3) is 3.28. The van der Waals surface area contributed by atoms with Gasteiger partial charge in [0.05, 0.1) is 29.7 Å². The number of hydrogen-bond acceptors (Lipinski definition) is 4. The van der Waals surface area contributed by atoms with Crippen LogP contribution in [0.5, 0.6) is 0 Å². The Labute approximate surface area is 181 Å². The van der Waals surface area contributed by atoms with Gasteiger partial charge in [0.1, 0.15) is 17.2 Å². The molecule has 7 nitrogen and oxygen atoms in total. The van der Waals surface area contributed by atoms with Gasteiger partial charge >= 0.3 is 0 Å². The Morgan fingerprint density at radius 1 is 1.32 bits per heavy atom. The number of nitrogens with one attached hydrogen (secondary N) is 1. The highest BCUT2D eigenvalue weighted by molar-refractivity contribution is 6.30. The first kappa shape index (κ1) is 19.7. The Hall–Kier alpha value is -3.23. The summed E-state index contributed by atoms with van der Waals surface area (Å²) in [6.07, 6.45) is 3.32. The van der Waals surface area contributed by atoms with Gasteiger partial charge in [0.15, 0.2) is 0 Å². The highest BCUT2D eigenvalue weighted by Crippen LogP contribution is 2.34. The lowest BCUT2D eigenvalue weighted by atomic mass is 9.95. The largest absolute Gasteiger partial charge is 0.373 e. The molecule has 1 aliphatic heterocycles. The van der Waals surface area contributed by atoms with Gasteiger partial charge in [-0.2, -0.15) is 0 Å². The Balaban J connectivity index is 1.62. The lowest BCUT2D eigenvalue weighted by Crippen LogP contribution is -2.40. The molecule has 158 valence electrons. The summed E-state index contributed by atoms with van der Waals surface area (Å²) in [5.41, 5.74) is 1.85. The Bertz CT molecular complexity index is 1400. The minimum absolute atomic E-state index is 0.215. The van der Waals surface area contributed by atoms with Gasteiger partial charge in [-0.1, -0.05) is 17.7 Å². The van der Waals surface area contributed by atoms with Gasteiger partial charge in [-0.3, -0.25) is 9.59 Å². The molecule has 1 N–H and O–H groups in total. The number of aromatic amines is 1. The zero-order valence-electron chi connectivity index (χ0n) is 16.6. The molecule has 5 rings (SSSR count). The van der Waals surface area contributed by atoms with Crippen LogP contribution < -0.4 is 5.56 Å². The first-order valence-electron chi connectivity index (χ1n) is 9.83. The highest BCUT2D eigenvalue weighted by Gasteiger charge is 2.33. The number of pyridine rings is 2. The minimum atomic E-state index is -0.492. The number of likely N-dealkylation sites (N-methyl/N-ethyl adjacent to an activating group) is 1. The van der Waals surface area contributed by atoms with Crippen LogP contribution in [-0.4, -0.2) is 38.3 Å². The van der Waals surface area contributed by atoms with Crippen molar-refractivity contribution in [2.24, 2.45) is 0 Å². The van der Waals surface area contributed by atoms with Crippen LogP contribution in [0.1, 0.15) is 34.7 Å². The maximum Gasteiger partial charge on any atom is 0.274 e. The summed E-state index contributed by atoms with van der Waals surface area (Å²) in [4.78, 5) is 34.8. The van der Waals surface area contributed by atoms with Gasteiger partial charge in [-0.15, -0.1) is 0 Å². The first-order chi connectivity index (χ1) is 15.0. The summed E-state index contributed by atoms with van der Waals surface area (Å²) < 4.78 is 21.2. The number of carbonyl (C=O) groups is 1. The predicted molar refractivity (Wildman–Crippen MR) is 114 cm³/mol. The Morgan fingerprint density at radius 2 is 2.16 bits per heavy atom.